The summed E-state index contributed by atoms with van der Waals surface area (Å²) in [7, 11) is 1.51. The maximum Gasteiger partial charge on any atom is 0.160 e. The first-order valence-corrected chi connectivity index (χ1v) is 7.55. The highest BCUT2D eigenvalue weighted by Gasteiger charge is 2.07. The Morgan fingerprint density at radius 1 is 1.15 bits per heavy atom. The SMILES string of the molecule is CCCCCCCCC(=O)Cc1ccc(O)c(OC)c1. The van der Waals surface area contributed by atoms with Gasteiger partial charge in [0.2, 0.25) is 0 Å². The summed E-state index contributed by atoms with van der Waals surface area (Å²) in [4.78, 5) is 11.9. The Bertz CT molecular complexity index is 413. The molecule has 0 spiro atoms. The standard InChI is InChI=1S/C17H26O3/c1-3-4-5-6-7-8-9-15(18)12-14-10-11-16(19)17(13-14)20-2/h10-11,13,19H,3-9,12H2,1-2H3. The fourth-order valence-corrected chi connectivity index (χ4v) is 2.25. The van der Waals surface area contributed by atoms with Gasteiger partial charge in [0.05, 0.1) is 7.11 Å². The van der Waals surface area contributed by atoms with E-state index in [1.165, 1.54) is 32.8 Å². The molecule has 20 heavy (non-hydrogen) atoms. The van der Waals surface area contributed by atoms with E-state index in [9.17, 15) is 9.90 Å². The van der Waals surface area contributed by atoms with Gasteiger partial charge in [-0.25, -0.2) is 0 Å². The van der Waals surface area contributed by atoms with E-state index in [4.69, 9.17) is 4.74 Å². The molecule has 3 heteroatoms. The van der Waals surface area contributed by atoms with Crippen molar-refractivity contribution in [1.82, 2.24) is 0 Å². The highest BCUT2D eigenvalue weighted by atomic mass is 16.5. The van der Waals surface area contributed by atoms with E-state index in [0.29, 0.717) is 18.6 Å². The second-order valence-electron chi connectivity index (χ2n) is 5.24. The van der Waals surface area contributed by atoms with Crippen molar-refractivity contribution in [1.29, 1.82) is 0 Å². The molecule has 0 saturated carbocycles. The van der Waals surface area contributed by atoms with Gasteiger partial charge in [0.15, 0.2) is 11.5 Å². The third-order valence-electron chi connectivity index (χ3n) is 3.45. The molecule has 0 bridgehead atoms. The van der Waals surface area contributed by atoms with Crippen LogP contribution in [0.5, 0.6) is 11.5 Å². The van der Waals surface area contributed by atoms with E-state index in [1.807, 2.05) is 0 Å². The number of phenols is 1. The number of ether oxygens (including phenoxy) is 1. The van der Waals surface area contributed by atoms with Crippen molar-refractivity contribution in [2.24, 2.45) is 0 Å². The maximum absolute atomic E-state index is 11.9. The summed E-state index contributed by atoms with van der Waals surface area (Å²) in [6.45, 7) is 2.20. The molecule has 0 aliphatic rings. The van der Waals surface area contributed by atoms with E-state index in [0.717, 1.165) is 18.4 Å². The lowest BCUT2D eigenvalue weighted by molar-refractivity contribution is -0.118. The molecule has 0 unspecified atom stereocenters. The molecule has 0 aromatic heterocycles. The van der Waals surface area contributed by atoms with Crippen LogP contribution in [0.2, 0.25) is 0 Å². The third-order valence-corrected chi connectivity index (χ3v) is 3.45. The number of hydrogen-bond donors (Lipinski definition) is 1. The molecule has 0 amide bonds. The molecule has 0 radical (unpaired) electrons. The van der Waals surface area contributed by atoms with Gasteiger partial charge in [-0.15, -0.1) is 0 Å². The number of carbonyl (C=O) groups is 1. The molecule has 0 heterocycles. The van der Waals surface area contributed by atoms with E-state index >= 15 is 0 Å². The van der Waals surface area contributed by atoms with Gasteiger partial charge >= 0.3 is 0 Å². The first-order valence-electron chi connectivity index (χ1n) is 7.55. The molecule has 0 aliphatic carbocycles. The van der Waals surface area contributed by atoms with Crippen LogP contribution in [0.4, 0.5) is 0 Å². The fourth-order valence-electron chi connectivity index (χ4n) is 2.25. The molecular weight excluding hydrogens is 252 g/mol. The van der Waals surface area contributed by atoms with Crippen LogP contribution in [-0.4, -0.2) is 18.0 Å². The Morgan fingerprint density at radius 2 is 1.85 bits per heavy atom. The highest BCUT2D eigenvalue weighted by molar-refractivity contribution is 5.81. The summed E-state index contributed by atoms with van der Waals surface area (Å²) < 4.78 is 5.04. The minimum absolute atomic E-state index is 0.111. The number of hydrogen-bond acceptors (Lipinski definition) is 3. The van der Waals surface area contributed by atoms with Gasteiger partial charge in [-0.3, -0.25) is 4.79 Å². The quantitative estimate of drug-likeness (QED) is 0.650. The summed E-state index contributed by atoms with van der Waals surface area (Å²) in [5, 5.41) is 9.50. The number of aromatic hydroxyl groups is 1. The fraction of sp³-hybridized carbons (Fsp3) is 0.588. The van der Waals surface area contributed by atoms with Crippen molar-refractivity contribution >= 4 is 5.78 Å². The average Bonchev–Trinajstić information content (AvgIpc) is 2.44. The van der Waals surface area contributed by atoms with Crippen LogP contribution in [-0.2, 0) is 11.2 Å². The summed E-state index contributed by atoms with van der Waals surface area (Å²) in [5.41, 5.74) is 0.899. The average molecular weight is 278 g/mol. The lowest BCUT2D eigenvalue weighted by Crippen LogP contribution is -2.02. The molecule has 0 atom stereocenters. The zero-order chi connectivity index (χ0) is 14.8. The predicted molar refractivity (Wildman–Crippen MR) is 81.4 cm³/mol. The Hall–Kier alpha value is -1.51. The monoisotopic (exact) mass is 278 g/mol. The molecule has 112 valence electrons. The number of rotatable bonds is 10. The van der Waals surface area contributed by atoms with Crippen LogP contribution in [0.15, 0.2) is 18.2 Å². The Kier molecular flexibility index (Phi) is 7.78. The number of phenolic OH excluding ortho intramolecular Hbond substituents is 1. The zero-order valence-corrected chi connectivity index (χ0v) is 12.7. The van der Waals surface area contributed by atoms with Crippen LogP contribution >= 0.6 is 0 Å². The molecule has 1 N–H and O–H groups in total. The Labute approximate surface area is 122 Å². The van der Waals surface area contributed by atoms with Crippen LogP contribution < -0.4 is 4.74 Å². The molecule has 0 saturated heterocycles. The van der Waals surface area contributed by atoms with Gasteiger partial charge in [-0.1, -0.05) is 45.1 Å². The zero-order valence-electron chi connectivity index (χ0n) is 12.7. The van der Waals surface area contributed by atoms with Crippen LogP contribution in [0.1, 0.15) is 57.4 Å². The first-order chi connectivity index (χ1) is 9.67. The second-order valence-corrected chi connectivity index (χ2v) is 5.24. The van der Waals surface area contributed by atoms with E-state index in [2.05, 4.69) is 6.92 Å². The summed E-state index contributed by atoms with van der Waals surface area (Å²) in [6.07, 6.45) is 8.25. The van der Waals surface area contributed by atoms with Crippen LogP contribution in [0.3, 0.4) is 0 Å². The number of methoxy groups -OCH3 is 1. The summed E-state index contributed by atoms with van der Waals surface area (Å²) in [6, 6.07) is 5.08. The molecular formula is C17H26O3. The second kappa shape index (κ2) is 9.40. The van der Waals surface area contributed by atoms with Crippen LogP contribution in [0.25, 0.3) is 0 Å². The normalized spacial score (nSPS) is 10.5. The van der Waals surface area contributed by atoms with Crippen molar-refractivity contribution in [2.45, 2.75) is 58.3 Å². The molecule has 3 nitrogen and oxygen atoms in total. The minimum atomic E-state index is 0.111. The van der Waals surface area contributed by atoms with Gasteiger partial charge < -0.3 is 9.84 Å². The van der Waals surface area contributed by atoms with Gasteiger partial charge in [0, 0.05) is 12.8 Å². The van der Waals surface area contributed by atoms with Crippen molar-refractivity contribution in [3.05, 3.63) is 23.8 Å². The largest absolute Gasteiger partial charge is 0.504 e. The Morgan fingerprint density at radius 3 is 2.55 bits per heavy atom. The van der Waals surface area contributed by atoms with Crippen molar-refractivity contribution in [3.8, 4) is 11.5 Å². The lowest BCUT2D eigenvalue weighted by atomic mass is 10.0. The number of carbonyl (C=O) groups excluding carboxylic acids is 1. The van der Waals surface area contributed by atoms with Gasteiger partial charge in [0.25, 0.3) is 0 Å². The van der Waals surface area contributed by atoms with Crippen molar-refractivity contribution < 1.29 is 14.6 Å². The van der Waals surface area contributed by atoms with Crippen LogP contribution in [0, 0.1) is 0 Å². The van der Waals surface area contributed by atoms with Gasteiger partial charge in [-0.2, -0.15) is 0 Å². The number of unbranched alkanes of at least 4 members (excludes halogenated alkanes) is 5. The summed E-state index contributed by atoms with van der Waals surface area (Å²) in [5.74, 6) is 0.794. The lowest BCUT2D eigenvalue weighted by Gasteiger charge is -2.06. The van der Waals surface area contributed by atoms with E-state index in [-0.39, 0.29) is 11.5 Å². The number of Topliss-reactive ketones (excluding diaryl/α,β-unsaturated/α-hetero) is 1. The first kappa shape index (κ1) is 16.5. The third kappa shape index (κ3) is 6.09. The number of ketones is 1. The van der Waals surface area contributed by atoms with Gasteiger partial charge in [-0.05, 0) is 24.1 Å². The molecule has 1 rings (SSSR count). The predicted octanol–water partition coefficient (Wildman–Crippen LogP) is 4.26. The molecule has 0 fully saturated rings. The highest BCUT2D eigenvalue weighted by Crippen LogP contribution is 2.26. The Balaban J connectivity index is 2.28. The van der Waals surface area contributed by atoms with Crippen molar-refractivity contribution in [3.63, 3.8) is 0 Å². The minimum Gasteiger partial charge on any atom is -0.504 e. The molecule has 1 aromatic carbocycles. The smallest absolute Gasteiger partial charge is 0.160 e. The van der Waals surface area contributed by atoms with E-state index < -0.39 is 0 Å². The maximum atomic E-state index is 11.9. The molecule has 0 aliphatic heterocycles. The van der Waals surface area contributed by atoms with Gasteiger partial charge in [0.1, 0.15) is 5.78 Å². The topological polar surface area (TPSA) is 46.5 Å². The molecule has 1 aromatic rings. The summed E-state index contributed by atoms with van der Waals surface area (Å²) >= 11 is 0. The van der Waals surface area contributed by atoms with E-state index in [1.54, 1.807) is 18.2 Å². The van der Waals surface area contributed by atoms with Crippen molar-refractivity contribution in [2.75, 3.05) is 7.11 Å². The number of benzene rings is 1.